The molecule has 0 bridgehead atoms. The average molecular weight is 1040 g/mol. The number of hydrogen-bond acceptors (Lipinski definition) is 22. The van der Waals surface area contributed by atoms with E-state index in [1.165, 1.54) is 0 Å². The second-order valence-corrected chi connectivity index (χ2v) is 18.3. The lowest BCUT2D eigenvalue weighted by Crippen LogP contribution is -2.69. The lowest BCUT2D eigenvalue weighted by Gasteiger charge is -2.51. The molecule has 12 atom stereocenters. The first-order valence-corrected chi connectivity index (χ1v) is 23.3. The topological polar surface area (TPSA) is 325 Å². The second kappa shape index (κ2) is 25.5. The van der Waals surface area contributed by atoms with Crippen molar-refractivity contribution in [1.82, 2.24) is 5.32 Å². The van der Waals surface area contributed by atoms with Crippen LogP contribution in [-0.4, -0.2) is 153 Å². The number of esters is 8. The molecule has 5 rings (SSSR count). The number of nitrogens with zero attached hydrogens (tertiary/aromatic N) is 3. The lowest BCUT2D eigenvalue weighted by molar-refractivity contribution is -0.298. The van der Waals surface area contributed by atoms with Gasteiger partial charge in [0.1, 0.15) is 55.9 Å². The van der Waals surface area contributed by atoms with Gasteiger partial charge < -0.3 is 62.2 Å². The minimum atomic E-state index is -2.00. The van der Waals surface area contributed by atoms with E-state index >= 15 is 0 Å². The molecule has 0 aromatic heterocycles. The predicted molar refractivity (Wildman–Crippen MR) is 249 cm³/mol. The van der Waals surface area contributed by atoms with Gasteiger partial charge in [0.15, 0.2) is 30.6 Å². The van der Waals surface area contributed by atoms with Crippen LogP contribution in [0.4, 0.5) is 4.79 Å². The van der Waals surface area contributed by atoms with Gasteiger partial charge in [0.25, 0.3) is 0 Å². The van der Waals surface area contributed by atoms with Crippen molar-refractivity contribution >= 4 is 53.8 Å². The monoisotopic (exact) mass is 1040 g/mol. The molecule has 1 N–H and O–H groups in total. The number of fused-ring (bicyclic) bond motifs is 3. The summed E-state index contributed by atoms with van der Waals surface area (Å²) in [6.07, 6.45) is -17.3. The smallest absolute Gasteiger partial charge is 0.407 e. The number of nitrogens with one attached hydrogen (secondary N) is 1. The number of alkyl carbamates (subject to hydrolysis) is 1. The first-order valence-electron chi connectivity index (χ1n) is 23.3. The van der Waals surface area contributed by atoms with Crippen molar-refractivity contribution in [3.05, 3.63) is 70.1 Å². The molecule has 0 saturated carbocycles. The molecule has 1 amide bonds. The van der Waals surface area contributed by atoms with Crippen molar-refractivity contribution in [2.45, 2.75) is 148 Å². The molecule has 2 heterocycles. The summed E-state index contributed by atoms with van der Waals surface area (Å²) in [5, 5.41) is 6.39. The number of ether oxygens (including phenoxy) is 12. The fourth-order valence-corrected chi connectivity index (χ4v) is 8.94. The van der Waals surface area contributed by atoms with E-state index in [1.54, 1.807) is 20.8 Å². The maximum absolute atomic E-state index is 13.9. The van der Waals surface area contributed by atoms with Crippen molar-refractivity contribution in [2.24, 2.45) is 11.0 Å². The van der Waals surface area contributed by atoms with Crippen molar-refractivity contribution in [2.75, 3.05) is 26.4 Å². The molecule has 2 aliphatic heterocycles. The minimum Gasteiger partial charge on any atom is -0.463 e. The number of carbonyl (C=O) groups excluding carboxylic acids is 9. The van der Waals surface area contributed by atoms with Gasteiger partial charge in [-0.3, -0.25) is 33.6 Å². The Kier molecular flexibility index (Phi) is 19.9. The van der Waals surface area contributed by atoms with E-state index in [0.717, 1.165) is 70.7 Å². The van der Waals surface area contributed by atoms with Crippen molar-refractivity contribution < 1.29 is 100.0 Å². The molecular formula is C49H60N4O21. The summed E-state index contributed by atoms with van der Waals surface area (Å²) in [4.78, 5) is 120. The molecule has 25 nitrogen and oxygen atoms in total. The first kappa shape index (κ1) is 57.6. The van der Waals surface area contributed by atoms with E-state index in [1.807, 2.05) is 48.5 Å². The Morgan fingerprint density at radius 1 is 0.635 bits per heavy atom. The minimum absolute atomic E-state index is 0.153. The number of carbonyl (C=O) groups is 9. The van der Waals surface area contributed by atoms with Crippen LogP contribution < -0.4 is 5.32 Å². The molecule has 0 unspecified atom stereocenters. The Morgan fingerprint density at radius 3 is 1.64 bits per heavy atom. The predicted octanol–water partition coefficient (Wildman–Crippen LogP) is 3.82. The highest BCUT2D eigenvalue weighted by Gasteiger charge is 2.61. The molecule has 2 saturated heterocycles. The summed E-state index contributed by atoms with van der Waals surface area (Å²) in [5.41, 5.74) is 12.8. The zero-order chi connectivity index (χ0) is 54.6. The standard InChI is InChI=1S/C49H60N4O21/c1-23(54)63-21-36-40(67-25(3)56)38(42(69-27(5)58)44-45(71-29(7)60)43(70-28(6)59)41(68-26(4)57)37(72-44)22-64-24(2)55)39(52-53-50)47(73-36)65-20-35(46(61)74-49(8,9)10)51-48(62)66-19-34-32-17-13-11-15-30(32)31-16-12-14-18-33(31)34/h11-18,34-45,47H,19-22H2,1-10H3,(H,51,62)/t35-,36+,37+,38+,39+,40-,41-,42+,43-,44-,45+,47-/m0/s1. The number of azide groups is 1. The van der Waals surface area contributed by atoms with Crippen LogP contribution in [0.25, 0.3) is 21.6 Å². The van der Waals surface area contributed by atoms with Crippen LogP contribution >= 0.6 is 0 Å². The molecule has 2 aromatic rings. The summed E-state index contributed by atoms with van der Waals surface area (Å²) in [6, 6.07) is 11.7. The number of hydrogen-bond donors (Lipinski definition) is 1. The average Bonchev–Trinajstić information content (AvgIpc) is 3.61. The summed E-state index contributed by atoms with van der Waals surface area (Å²) < 4.78 is 69.2. The van der Waals surface area contributed by atoms with Gasteiger partial charge in [0.05, 0.1) is 18.6 Å². The van der Waals surface area contributed by atoms with Gasteiger partial charge in [-0.2, -0.15) is 0 Å². The summed E-state index contributed by atoms with van der Waals surface area (Å²) >= 11 is 0. The van der Waals surface area contributed by atoms with Gasteiger partial charge in [-0.15, -0.1) is 0 Å². The fourth-order valence-electron chi connectivity index (χ4n) is 8.94. The van der Waals surface area contributed by atoms with Gasteiger partial charge in [0, 0.05) is 59.3 Å². The van der Waals surface area contributed by atoms with Crippen LogP contribution in [0, 0.1) is 5.92 Å². The Labute approximate surface area is 424 Å². The molecule has 402 valence electrons. The van der Waals surface area contributed by atoms with Crippen LogP contribution in [0.5, 0.6) is 0 Å². The molecule has 2 fully saturated rings. The highest BCUT2D eigenvalue weighted by Crippen LogP contribution is 2.45. The zero-order valence-corrected chi connectivity index (χ0v) is 42.4. The van der Waals surface area contributed by atoms with Crippen LogP contribution in [0.3, 0.4) is 0 Å². The molecule has 3 aliphatic rings. The Balaban J connectivity index is 1.60. The SMILES string of the molecule is CC(=O)OC[C@H]1O[C@@H]([C@H](OC(C)=O)[C@@H]2[C@@H](N=[N+]=[N-])[C@@H](OC[C@H](NC(=O)OCC3c4ccccc4-c4ccccc43)C(=O)OC(C)(C)C)O[C@H](COC(C)=O)[C@@H]2OC(C)=O)[C@H](OC(C)=O)[C@@H](OC(C)=O)[C@H]1OC(C)=O. The number of amides is 1. The highest BCUT2D eigenvalue weighted by molar-refractivity contribution is 5.82. The van der Waals surface area contributed by atoms with Crippen LogP contribution in [0.1, 0.15) is 86.3 Å². The van der Waals surface area contributed by atoms with E-state index in [0.29, 0.717) is 0 Å². The Bertz CT molecular complexity index is 2430. The summed E-state index contributed by atoms with van der Waals surface area (Å²) in [5.74, 6) is -9.95. The van der Waals surface area contributed by atoms with Gasteiger partial charge in [-0.1, -0.05) is 53.6 Å². The molecule has 25 heteroatoms. The van der Waals surface area contributed by atoms with E-state index in [2.05, 4.69) is 15.3 Å². The van der Waals surface area contributed by atoms with E-state index in [-0.39, 0.29) is 12.5 Å². The normalized spacial score (nSPS) is 24.8. The van der Waals surface area contributed by atoms with E-state index < -0.39 is 152 Å². The highest BCUT2D eigenvalue weighted by atomic mass is 16.7. The quantitative estimate of drug-likeness (QED) is 0.0687. The van der Waals surface area contributed by atoms with Gasteiger partial charge in [-0.25, -0.2) is 9.59 Å². The number of benzene rings is 2. The maximum Gasteiger partial charge on any atom is 0.407 e. The van der Waals surface area contributed by atoms with Crippen LogP contribution in [-0.2, 0) is 95.2 Å². The Morgan fingerprint density at radius 2 is 1.14 bits per heavy atom. The third-order valence-electron chi connectivity index (χ3n) is 11.5. The lowest BCUT2D eigenvalue weighted by atomic mass is 9.77. The maximum atomic E-state index is 13.9. The van der Waals surface area contributed by atoms with Crippen LogP contribution in [0.2, 0.25) is 0 Å². The summed E-state index contributed by atoms with van der Waals surface area (Å²) in [7, 11) is 0. The molecule has 2 aromatic carbocycles. The largest absolute Gasteiger partial charge is 0.463 e. The van der Waals surface area contributed by atoms with Crippen molar-refractivity contribution in [3.8, 4) is 11.1 Å². The van der Waals surface area contributed by atoms with Crippen LogP contribution in [0.15, 0.2) is 53.6 Å². The second-order valence-electron chi connectivity index (χ2n) is 18.3. The van der Waals surface area contributed by atoms with Gasteiger partial charge in [0.2, 0.25) is 0 Å². The van der Waals surface area contributed by atoms with E-state index in [4.69, 9.17) is 56.8 Å². The fraction of sp³-hybridized carbons (Fsp3) is 0.571. The van der Waals surface area contributed by atoms with Gasteiger partial charge in [-0.05, 0) is 48.6 Å². The molecule has 0 spiro atoms. The molecular weight excluding hydrogens is 981 g/mol. The van der Waals surface area contributed by atoms with E-state index in [9.17, 15) is 48.7 Å². The number of rotatable bonds is 19. The third-order valence-corrected chi connectivity index (χ3v) is 11.5. The Hall–Kier alpha value is -7.34. The zero-order valence-electron chi connectivity index (χ0n) is 42.4. The molecule has 74 heavy (non-hydrogen) atoms. The molecule has 1 aliphatic carbocycles. The van der Waals surface area contributed by atoms with Crippen molar-refractivity contribution in [1.29, 1.82) is 0 Å². The summed E-state index contributed by atoms with van der Waals surface area (Å²) in [6.45, 7) is 9.26. The third kappa shape index (κ3) is 15.3. The molecule has 0 radical (unpaired) electrons. The first-order chi connectivity index (χ1) is 34.9. The van der Waals surface area contributed by atoms with Crippen molar-refractivity contribution in [3.63, 3.8) is 0 Å². The van der Waals surface area contributed by atoms with Gasteiger partial charge >= 0.3 is 53.8 Å².